The van der Waals surface area contributed by atoms with Gasteiger partial charge in [-0.25, -0.2) is 4.79 Å². The standard InChI is InChI=1S/C11H15IN5O4P/c1-6-3-17(11(19)14-10(6)18)9-2-7(15-16-13)8(21-9)4-20-22-5-12/h3,7-9,22H,2,4-5H2,1H3,(H,14,18,19)/t7?,8-,9-/m1/s1. The van der Waals surface area contributed by atoms with Crippen molar-refractivity contribution in [3.05, 3.63) is 43.0 Å². The number of ether oxygens (including phenoxy) is 1. The molecular formula is C11H15IN5O4P. The fourth-order valence-corrected chi connectivity index (χ4v) is 3.22. The average molecular weight is 439 g/mol. The lowest BCUT2D eigenvalue weighted by molar-refractivity contribution is -0.0201. The minimum absolute atomic E-state index is 0.304. The Labute approximate surface area is 141 Å². The summed E-state index contributed by atoms with van der Waals surface area (Å²) >= 11 is 2.21. The molecule has 1 aliphatic rings. The third kappa shape index (κ3) is 4.08. The number of rotatable bonds is 6. The Morgan fingerprint density at radius 2 is 2.45 bits per heavy atom. The number of aryl methyl sites for hydroxylation is 1. The van der Waals surface area contributed by atoms with Gasteiger partial charge in [-0.05, 0) is 12.5 Å². The molecule has 2 heterocycles. The Bertz CT molecular complexity index is 686. The van der Waals surface area contributed by atoms with Gasteiger partial charge in [0.05, 0.1) is 18.8 Å². The molecule has 0 spiro atoms. The molecule has 0 aliphatic carbocycles. The van der Waals surface area contributed by atoms with Crippen LogP contribution in [0.5, 0.6) is 0 Å². The summed E-state index contributed by atoms with van der Waals surface area (Å²) in [5.74, 6) is 0. The highest BCUT2D eigenvalue weighted by Gasteiger charge is 2.36. The number of aromatic nitrogens is 2. The number of hydrogen-bond donors (Lipinski definition) is 1. The van der Waals surface area contributed by atoms with Crippen LogP contribution in [0, 0.1) is 6.92 Å². The summed E-state index contributed by atoms with van der Waals surface area (Å²) in [7, 11) is 0.342. The second kappa shape index (κ2) is 8.07. The number of aromatic amines is 1. The maximum absolute atomic E-state index is 11.9. The van der Waals surface area contributed by atoms with Gasteiger partial charge >= 0.3 is 5.69 Å². The van der Waals surface area contributed by atoms with E-state index in [2.05, 4.69) is 37.6 Å². The maximum atomic E-state index is 11.9. The lowest BCUT2D eigenvalue weighted by Gasteiger charge is -2.16. The van der Waals surface area contributed by atoms with Gasteiger partial charge in [-0.15, -0.1) is 0 Å². The summed E-state index contributed by atoms with van der Waals surface area (Å²) in [6.45, 7) is 1.91. The van der Waals surface area contributed by atoms with Crippen molar-refractivity contribution in [2.24, 2.45) is 5.11 Å². The zero-order valence-electron chi connectivity index (χ0n) is 11.7. The molecule has 4 atom stereocenters. The molecule has 120 valence electrons. The first-order valence-corrected chi connectivity index (χ1v) is 9.13. The topological polar surface area (TPSA) is 122 Å². The van der Waals surface area contributed by atoms with Gasteiger partial charge in [0.1, 0.15) is 6.23 Å². The highest BCUT2D eigenvalue weighted by Crippen LogP contribution is 2.31. The Hall–Kier alpha value is -0.930. The van der Waals surface area contributed by atoms with Crippen molar-refractivity contribution in [3.8, 4) is 0 Å². The molecule has 1 aliphatic heterocycles. The lowest BCUT2D eigenvalue weighted by atomic mass is 10.1. The van der Waals surface area contributed by atoms with Crippen LogP contribution < -0.4 is 11.2 Å². The number of halogens is 1. The van der Waals surface area contributed by atoms with E-state index in [-0.39, 0.29) is 0 Å². The predicted octanol–water partition coefficient (Wildman–Crippen LogP) is 1.81. The van der Waals surface area contributed by atoms with Gasteiger partial charge in [-0.1, -0.05) is 27.7 Å². The van der Waals surface area contributed by atoms with E-state index in [0.29, 0.717) is 27.4 Å². The van der Waals surface area contributed by atoms with Gasteiger partial charge in [-0.2, -0.15) is 0 Å². The number of H-pyrrole nitrogens is 1. The maximum Gasteiger partial charge on any atom is 0.330 e. The number of azide groups is 1. The van der Waals surface area contributed by atoms with Crippen molar-refractivity contribution < 1.29 is 9.26 Å². The molecule has 1 saturated heterocycles. The van der Waals surface area contributed by atoms with Crippen LogP contribution in [-0.2, 0) is 9.26 Å². The van der Waals surface area contributed by atoms with Crippen LogP contribution in [0.3, 0.4) is 0 Å². The second-order valence-electron chi connectivity index (χ2n) is 4.70. The molecule has 0 radical (unpaired) electrons. The normalized spacial score (nSPS) is 24.7. The van der Waals surface area contributed by atoms with Gasteiger partial charge in [-0.3, -0.25) is 14.3 Å². The summed E-state index contributed by atoms with van der Waals surface area (Å²) in [6.07, 6.45) is 0.816. The molecule has 2 rings (SSSR count). The van der Waals surface area contributed by atoms with Crippen molar-refractivity contribution in [2.45, 2.75) is 31.7 Å². The third-order valence-corrected chi connectivity index (χ3v) is 4.68. The summed E-state index contributed by atoms with van der Waals surface area (Å²) < 4.78 is 13.4. The first kappa shape index (κ1) is 17.4. The number of nitrogens with one attached hydrogen (secondary N) is 1. The van der Waals surface area contributed by atoms with E-state index in [0.717, 1.165) is 4.17 Å². The van der Waals surface area contributed by atoms with Crippen molar-refractivity contribution in [1.29, 1.82) is 0 Å². The number of alkyl halides is 1. The van der Waals surface area contributed by atoms with Crippen LogP contribution in [0.2, 0.25) is 0 Å². The van der Waals surface area contributed by atoms with Gasteiger partial charge in [0.25, 0.3) is 5.56 Å². The molecule has 1 N–H and O–H groups in total. The van der Waals surface area contributed by atoms with Crippen molar-refractivity contribution >= 4 is 31.4 Å². The van der Waals surface area contributed by atoms with Crippen LogP contribution >= 0.6 is 31.4 Å². The van der Waals surface area contributed by atoms with E-state index in [1.165, 1.54) is 10.8 Å². The highest BCUT2D eigenvalue weighted by molar-refractivity contribution is 14.1. The van der Waals surface area contributed by atoms with Crippen LogP contribution in [0.4, 0.5) is 0 Å². The lowest BCUT2D eigenvalue weighted by Crippen LogP contribution is -2.33. The summed E-state index contributed by atoms with van der Waals surface area (Å²) in [4.78, 5) is 28.4. The SMILES string of the molecule is Cc1cn([C@H]2CC(N=[N+]=[N-])[C@@H](COPCI)O2)c(=O)[nH]c1=O. The van der Waals surface area contributed by atoms with Gasteiger partial charge in [0.15, 0.2) is 0 Å². The number of nitrogens with zero attached hydrogens (tertiary/aromatic N) is 4. The zero-order chi connectivity index (χ0) is 16.1. The molecule has 1 fully saturated rings. The molecule has 22 heavy (non-hydrogen) atoms. The Balaban J connectivity index is 2.20. The highest BCUT2D eigenvalue weighted by atomic mass is 127. The second-order valence-corrected chi connectivity index (χ2v) is 7.84. The minimum atomic E-state index is -0.588. The fraction of sp³-hybridized carbons (Fsp3) is 0.636. The van der Waals surface area contributed by atoms with Gasteiger partial charge in [0.2, 0.25) is 0 Å². The van der Waals surface area contributed by atoms with Gasteiger partial charge < -0.3 is 9.26 Å². The molecule has 0 bridgehead atoms. The molecular weight excluding hydrogens is 424 g/mol. The quantitative estimate of drug-likeness (QED) is 0.138. The number of hydrogen-bond acceptors (Lipinski definition) is 5. The van der Waals surface area contributed by atoms with Crippen molar-refractivity contribution in [2.75, 3.05) is 10.8 Å². The smallest absolute Gasteiger partial charge is 0.330 e. The first-order valence-electron chi connectivity index (χ1n) is 6.49. The Morgan fingerprint density at radius 1 is 1.68 bits per heavy atom. The largest absolute Gasteiger partial charge is 0.359 e. The summed E-state index contributed by atoms with van der Waals surface area (Å²) in [5.41, 5.74) is 8.10. The van der Waals surface area contributed by atoms with E-state index in [9.17, 15) is 9.59 Å². The van der Waals surface area contributed by atoms with E-state index in [1.807, 2.05) is 0 Å². The minimum Gasteiger partial charge on any atom is -0.359 e. The molecule has 0 aromatic carbocycles. The fourth-order valence-electron chi connectivity index (χ4n) is 2.20. The molecule has 2 unspecified atom stereocenters. The monoisotopic (exact) mass is 439 g/mol. The van der Waals surface area contributed by atoms with Crippen LogP contribution in [-0.4, -0.2) is 32.5 Å². The molecule has 1 aromatic heterocycles. The molecule has 1 aromatic rings. The van der Waals surface area contributed by atoms with Crippen LogP contribution in [0.25, 0.3) is 10.4 Å². The average Bonchev–Trinajstić information content (AvgIpc) is 2.87. The van der Waals surface area contributed by atoms with Gasteiger partial charge in [0, 0.05) is 36.1 Å². The van der Waals surface area contributed by atoms with Crippen molar-refractivity contribution in [1.82, 2.24) is 9.55 Å². The Morgan fingerprint density at radius 3 is 3.14 bits per heavy atom. The summed E-state index contributed by atoms with van der Waals surface area (Å²) in [6, 6.07) is -0.409. The van der Waals surface area contributed by atoms with E-state index in [1.54, 1.807) is 6.92 Å². The third-order valence-electron chi connectivity index (χ3n) is 3.26. The van der Waals surface area contributed by atoms with Crippen LogP contribution in [0.1, 0.15) is 18.2 Å². The van der Waals surface area contributed by atoms with Crippen molar-refractivity contribution in [3.63, 3.8) is 0 Å². The van der Waals surface area contributed by atoms with E-state index in [4.69, 9.17) is 14.8 Å². The van der Waals surface area contributed by atoms with E-state index < -0.39 is 29.6 Å². The predicted molar refractivity (Wildman–Crippen MR) is 90.7 cm³/mol. The molecule has 0 saturated carbocycles. The van der Waals surface area contributed by atoms with Crippen LogP contribution in [0.15, 0.2) is 20.9 Å². The first-order chi connectivity index (χ1) is 10.6. The Kier molecular flexibility index (Phi) is 6.39. The summed E-state index contributed by atoms with van der Waals surface area (Å²) in [5, 5.41) is 3.72. The molecule has 9 nitrogen and oxygen atoms in total. The van der Waals surface area contributed by atoms with E-state index >= 15 is 0 Å². The molecule has 11 heteroatoms. The molecule has 0 amide bonds. The zero-order valence-corrected chi connectivity index (χ0v) is 14.9.